The third-order valence-corrected chi connectivity index (χ3v) is 3.44. The molecule has 1 atom stereocenters. The van der Waals surface area contributed by atoms with Crippen LogP contribution in [0.5, 0.6) is 0 Å². The fourth-order valence-electron chi connectivity index (χ4n) is 1.23. The maximum absolute atomic E-state index is 11.5. The van der Waals surface area contributed by atoms with Crippen molar-refractivity contribution < 1.29 is 14.7 Å². The highest BCUT2D eigenvalue weighted by Gasteiger charge is 2.18. The van der Waals surface area contributed by atoms with Gasteiger partial charge in [-0.2, -0.15) is 0 Å². The molecule has 2 N–H and O–H groups in total. The minimum absolute atomic E-state index is 0.0486. The minimum Gasteiger partial charge on any atom is -0.481 e. The van der Waals surface area contributed by atoms with Gasteiger partial charge in [-0.3, -0.25) is 9.59 Å². The molecule has 0 aromatic carbocycles. The van der Waals surface area contributed by atoms with Crippen LogP contribution in [-0.2, 0) is 9.59 Å². The molecule has 4 nitrogen and oxygen atoms in total. The van der Waals surface area contributed by atoms with Gasteiger partial charge >= 0.3 is 5.97 Å². The lowest BCUT2D eigenvalue weighted by Crippen LogP contribution is -2.34. The number of carboxylic acid groups (broad SMARTS) is 1. The summed E-state index contributed by atoms with van der Waals surface area (Å²) in [5.74, 6) is -1.02. The fraction of sp³-hybridized carbons (Fsp3) is 0.833. The van der Waals surface area contributed by atoms with E-state index in [0.717, 1.165) is 6.42 Å². The first-order valence-corrected chi connectivity index (χ1v) is 6.88. The van der Waals surface area contributed by atoms with E-state index >= 15 is 0 Å². The topological polar surface area (TPSA) is 66.4 Å². The zero-order valence-corrected chi connectivity index (χ0v) is 11.9. The number of amides is 1. The molecule has 0 fully saturated rings. The first kappa shape index (κ1) is 16.3. The summed E-state index contributed by atoms with van der Waals surface area (Å²) >= 11 is 1.56. The highest BCUT2D eigenvalue weighted by Crippen LogP contribution is 2.22. The molecule has 0 aromatic heterocycles. The summed E-state index contributed by atoms with van der Waals surface area (Å²) < 4.78 is 0.0486. The van der Waals surface area contributed by atoms with E-state index in [9.17, 15) is 9.59 Å². The number of carbonyl (C=O) groups excluding carboxylic acids is 1. The van der Waals surface area contributed by atoms with Crippen LogP contribution >= 0.6 is 11.8 Å². The Labute approximate surface area is 108 Å². The number of aliphatic carboxylic acids is 1. The standard InChI is InChI=1S/C12H23NO3S/c1-5-6-9(11(15)16)7-13-10(14)8-17-12(2,3)4/h9H,5-8H2,1-4H3,(H,13,14)(H,15,16). The second-order valence-corrected chi connectivity index (χ2v) is 6.83. The molecule has 0 bridgehead atoms. The Balaban J connectivity index is 3.92. The van der Waals surface area contributed by atoms with E-state index in [0.29, 0.717) is 12.2 Å². The molecule has 0 saturated carbocycles. The highest BCUT2D eigenvalue weighted by atomic mass is 32.2. The van der Waals surface area contributed by atoms with Crippen LogP contribution in [0.25, 0.3) is 0 Å². The third kappa shape index (κ3) is 9.03. The number of nitrogens with one attached hydrogen (secondary N) is 1. The van der Waals surface area contributed by atoms with Gasteiger partial charge in [0.05, 0.1) is 11.7 Å². The molecular formula is C12H23NO3S. The molecule has 5 heteroatoms. The molecular weight excluding hydrogens is 238 g/mol. The molecule has 0 radical (unpaired) electrons. The summed E-state index contributed by atoms with van der Waals surface area (Å²) in [6, 6.07) is 0. The van der Waals surface area contributed by atoms with Crippen molar-refractivity contribution in [2.75, 3.05) is 12.3 Å². The summed E-state index contributed by atoms with van der Waals surface area (Å²) in [6.07, 6.45) is 1.41. The second-order valence-electron chi connectivity index (χ2n) is 5.03. The maximum Gasteiger partial charge on any atom is 0.308 e. The summed E-state index contributed by atoms with van der Waals surface area (Å²) in [6.45, 7) is 8.30. The lowest BCUT2D eigenvalue weighted by atomic mass is 10.0. The average Bonchev–Trinajstić information content (AvgIpc) is 2.19. The molecule has 0 aromatic rings. The van der Waals surface area contributed by atoms with E-state index in [1.54, 1.807) is 11.8 Å². The first-order valence-electron chi connectivity index (χ1n) is 5.89. The smallest absolute Gasteiger partial charge is 0.308 e. The average molecular weight is 261 g/mol. The predicted octanol–water partition coefficient (Wildman–Crippen LogP) is 2.14. The van der Waals surface area contributed by atoms with Gasteiger partial charge in [-0.1, -0.05) is 34.1 Å². The van der Waals surface area contributed by atoms with E-state index in [1.807, 2.05) is 27.7 Å². The van der Waals surface area contributed by atoms with Crippen molar-refractivity contribution in [1.82, 2.24) is 5.32 Å². The molecule has 0 heterocycles. The van der Waals surface area contributed by atoms with E-state index in [-0.39, 0.29) is 17.2 Å². The van der Waals surface area contributed by atoms with Gasteiger partial charge < -0.3 is 10.4 Å². The number of hydrogen-bond donors (Lipinski definition) is 2. The van der Waals surface area contributed by atoms with Gasteiger partial charge in [-0.05, 0) is 6.42 Å². The van der Waals surface area contributed by atoms with Gasteiger partial charge in [0.15, 0.2) is 0 Å². The molecule has 0 saturated heterocycles. The minimum atomic E-state index is -0.837. The third-order valence-electron chi connectivity index (χ3n) is 2.17. The summed E-state index contributed by atoms with van der Waals surface area (Å²) in [7, 11) is 0. The maximum atomic E-state index is 11.5. The first-order chi connectivity index (χ1) is 7.76. The van der Waals surface area contributed by atoms with Crippen molar-refractivity contribution >= 4 is 23.6 Å². The Morgan fingerprint density at radius 2 is 1.94 bits per heavy atom. The Kier molecular flexibility index (Phi) is 7.27. The molecule has 0 spiro atoms. The van der Waals surface area contributed by atoms with Crippen LogP contribution in [-0.4, -0.2) is 34.0 Å². The summed E-state index contributed by atoms with van der Waals surface area (Å²) in [5.41, 5.74) is 0. The van der Waals surface area contributed by atoms with Gasteiger partial charge in [-0.15, -0.1) is 11.8 Å². The Bertz CT molecular complexity index is 261. The second kappa shape index (κ2) is 7.58. The molecule has 1 unspecified atom stereocenters. The van der Waals surface area contributed by atoms with Crippen LogP contribution in [0.4, 0.5) is 0 Å². The quantitative estimate of drug-likeness (QED) is 0.737. The van der Waals surface area contributed by atoms with Crippen molar-refractivity contribution in [3.05, 3.63) is 0 Å². The van der Waals surface area contributed by atoms with Crippen LogP contribution in [0.1, 0.15) is 40.5 Å². The van der Waals surface area contributed by atoms with E-state index < -0.39 is 11.9 Å². The lowest BCUT2D eigenvalue weighted by Gasteiger charge is -2.17. The lowest BCUT2D eigenvalue weighted by molar-refractivity contribution is -0.141. The number of carbonyl (C=O) groups is 2. The number of carboxylic acids is 1. The van der Waals surface area contributed by atoms with Crippen molar-refractivity contribution in [3.63, 3.8) is 0 Å². The molecule has 0 aliphatic heterocycles. The zero-order valence-electron chi connectivity index (χ0n) is 11.1. The van der Waals surface area contributed by atoms with Crippen molar-refractivity contribution in [3.8, 4) is 0 Å². The zero-order chi connectivity index (χ0) is 13.5. The Morgan fingerprint density at radius 1 is 1.35 bits per heavy atom. The van der Waals surface area contributed by atoms with Crippen molar-refractivity contribution in [2.45, 2.75) is 45.3 Å². The van der Waals surface area contributed by atoms with Crippen LogP contribution in [0.2, 0.25) is 0 Å². The normalized spacial score (nSPS) is 13.2. The van der Waals surface area contributed by atoms with Gasteiger partial charge in [0.2, 0.25) is 5.91 Å². The largest absolute Gasteiger partial charge is 0.481 e. The molecule has 100 valence electrons. The monoisotopic (exact) mass is 261 g/mol. The predicted molar refractivity (Wildman–Crippen MR) is 71.3 cm³/mol. The number of rotatable bonds is 7. The highest BCUT2D eigenvalue weighted by molar-refractivity contribution is 8.01. The van der Waals surface area contributed by atoms with Gasteiger partial charge in [0, 0.05) is 11.3 Å². The molecule has 0 aliphatic carbocycles. The van der Waals surface area contributed by atoms with Crippen molar-refractivity contribution in [2.24, 2.45) is 5.92 Å². The van der Waals surface area contributed by atoms with Crippen LogP contribution in [0.15, 0.2) is 0 Å². The molecule has 1 amide bonds. The number of thioether (sulfide) groups is 1. The van der Waals surface area contributed by atoms with Crippen LogP contribution in [0.3, 0.4) is 0 Å². The van der Waals surface area contributed by atoms with Gasteiger partial charge in [0.25, 0.3) is 0 Å². The van der Waals surface area contributed by atoms with Gasteiger partial charge in [-0.25, -0.2) is 0 Å². The summed E-state index contributed by atoms with van der Waals surface area (Å²) in [5, 5.41) is 11.6. The van der Waals surface area contributed by atoms with Crippen molar-refractivity contribution in [1.29, 1.82) is 0 Å². The Hall–Kier alpha value is -0.710. The summed E-state index contributed by atoms with van der Waals surface area (Å²) in [4.78, 5) is 22.4. The van der Waals surface area contributed by atoms with Gasteiger partial charge in [0.1, 0.15) is 0 Å². The van der Waals surface area contributed by atoms with E-state index in [4.69, 9.17) is 5.11 Å². The van der Waals surface area contributed by atoms with E-state index in [1.165, 1.54) is 0 Å². The van der Waals surface area contributed by atoms with Crippen LogP contribution < -0.4 is 5.32 Å². The number of hydrogen-bond acceptors (Lipinski definition) is 3. The SMILES string of the molecule is CCCC(CNC(=O)CSC(C)(C)C)C(=O)O. The Morgan fingerprint density at radius 3 is 2.35 bits per heavy atom. The van der Waals surface area contributed by atoms with Crippen LogP contribution in [0, 0.1) is 5.92 Å². The molecule has 17 heavy (non-hydrogen) atoms. The molecule has 0 aliphatic rings. The fourth-order valence-corrected chi connectivity index (χ4v) is 1.90. The molecule has 0 rings (SSSR count). The van der Waals surface area contributed by atoms with E-state index in [2.05, 4.69) is 5.32 Å².